The van der Waals surface area contributed by atoms with Gasteiger partial charge in [-0.15, -0.1) is 0 Å². The van der Waals surface area contributed by atoms with Gasteiger partial charge >= 0.3 is 0 Å². The molecule has 0 unspecified atom stereocenters. The predicted molar refractivity (Wildman–Crippen MR) is 45.0 cm³/mol. The molecule has 2 heteroatoms. The highest BCUT2D eigenvalue weighted by Crippen LogP contribution is 2.00. The number of hydrogen-bond donors (Lipinski definition) is 1. The molecule has 0 bridgehead atoms. The van der Waals surface area contributed by atoms with Gasteiger partial charge in [-0.05, 0) is 6.08 Å². The zero-order chi connectivity index (χ0) is 8.10. The number of oxime groups is 1. The largest absolute Gasteiger partial charge is 0.410 e. The van der Waals surface area contributed by atoms with Gasteiger partial charge in [-0.3, -0.25) is 0 Å². The van der Waals surface area contributed by atoms with Crippen molar-refractivity contribution >= 4 is 5.71 Å². The maximum atomic E-state index is 8.50. The van der Waals surface area contributed by atoms with Gasteiger partial charge in [0.15, 0.2) is 0 Å². The Balaban J connectivity index is 3.01. The van der Waals surface area contributed by atoms with E-state index in [1.54, 1.807) is 0 Å². The maximum absolute atomic E-state index is 8.50. The third-order valence-electron chi connectivity index (χ3n) is 1.37. The topological polar surface area (TPSA) is 32.6 Å². The Morgan fingerprint density at radius 3 is 2.45 bits per heavy atom. The molecule has 1 aromatic rings. The van der Waals surface area contributed by atoms with Gasteiger partial charge in [0.05, 0.1) is 0 Å². The van der Waals surface area contributed by atoms with E-state index in [1.165, 1.54) is 6.08 Å². The highest BCUT2D eigenvalue weighted by Gasteiger charge is 1.95. The fraction of sp³-hybridized carbons (Fsp3) is 0. The number of nitrogens with zero attached hydrogens (tertiary/aromatic N) is 1. The van der Waals surface area contributed by atoms with Crippen LogP contribution in [-0.2, 0) is 0 Å². The molecule has 1 N–H and O–H groups in total. The highest BCUT2D eigenvalue weighted by molar-refractivity contribution is 6.07. The fourth-order valence-corrected chi connectivity index (χ4v) is 0.825. The average Bonchev–Trinajstić information content (AvgIpc) is 2.09. The monoisotopic (exact) mass is 147 g/mol. The number of hydrogen-bond acceptors (Lipinski definition) is 2. The van der Waals surface area contributed by atoms with Gasteiger partial charge in [-0.2, -0.15) is 0 Å². The fourth-order valence-electron chi connectivity index (χ4n) is 0.825. The third-order valence-corrected chi connectivity index (χ3v) is 1.37. The van der Waals surface area contributed by atoms with E-state index in [4.69, 9.17) is 5.21 Å². The molecule has 0 aliphatic rings. The third kappa shape index (κ3) is 1.67. The Morgan fingerprint density at radius 1 is 1.36 bits per heavy atom. The minimum Gasteiger partial charge on any atom is -0.410 e. The van der Waals surface area contributed by atoms with E-state index in [1.807, 2.05) is 30.3 Å². The van der Waals surface area contributed by atoms with Crippen LogP contribution < -0.4 is 0 Å². The second-order valence-corrected chi connectivity index (χ2v) is 2.06. The standard InChI is InChI=1S/C9H9NO/c1-2-9(10-11)8-6-4-3-5-7-8/h2-7,11H,1H2. The van der Waals surface area contributed by atoms with Crippen molar-refractivity contribution in [1.29, 1.82) is 0 Å². The summed E-state index contributed by atoms with van der Waals surface area (Å²) < 4.78 is 0. The van der Waals surface area contributed by atoms with Crippen LogP contribution in [0.4, 0.5) is 0 Å². The molecule has 1 aromatic carbocycles. The Kier molecular flexibility index (Phi) is 2.44. The van der Waals surface area contributed by atoms with E-state index in [-0.39, 0.29) is 0 Å². The minimum atomic E-state index is 0.491. The lowest BCUT2D eigenvalue weighted by Crippen LogP contribution is -1.94. The Bertz CT molecular complexity index is 264. The first-order valence-electron chi connectivity index (χ1n) is 3.28. The van der Waals surface area contributed by atoms with Crippen LogP contribution in [0.15, 0.2) is 48.1 Å². The summed E-state index contributed by atoms with van der Waals surface area (Å²) in [7, 11) is 0. The van der Waals surface area contributed by atoms with Crippen molar-refractivity contribution < 1.29 is 5.21 Å². The first-order valence-corrected chi connectivity index (χ1v) is 3.28. The Morgan fingerprint density at radius 2 is 2.00 bits per heavy atom. The smallest absolute Gasteiger partial charge is 0.109 e. The lowest BCUT2D eigenvalue weighted by atomic mass is 10.1. The summed E-state index contributed by atoms with van der Waals surface area (Å²) in [5, 5.41) is 11.6. The van der Waals surface area contributed by atoms with Crippen LogP contribution in [0.5, 0.6) is 0 Å². The molecule has 0 fully saturated rings. The van der Waals surface area contributed by atoms with Gasteiger partial charge in [0.25, 0.3) is 0 Å². The summed E-state index contributed by atoms with van der Waals surface area (Å²) in [6, 6.07) is 9.38. The second kappa shape index (κ2) is 3.56. The van der Waals surface area contributed by atoms with Crippen molar-refractivity contribution in [2.24, 2.45) is 5.16 Å². The zero-order valence-electron chi connectivity index (χ0n) is 6.07. The van der Waals surface area contributed by atoms with E-state index in [9.17, 15) is 0 Å². The van der Waals surface area contributed by atoms with Crippen LogP contribution in [-0.4, -0.2) is 10.9 Å². The first kappa shape index (κ1) is 7.54. The van der Waals surface area contributed by atoms with Crippen molar-refractivity contribution in [3.05, 3.63) is 48.6 Å². The van der Waals surface area contributed by atoms with Crippen molar-refractivity contribution in [2.45, 2.75) is 0 Å². The van der Waals surface area contributed by atoms with Crippen LogP contribution in [0.3, 0.4) is 0 Å². The van der Waals surface area contributed by atoms with E-state index >= 15 is 0 Å². The molecule has 0 spiro atoms. The quantitative estimate of drug-likeness (QED) is 0.387. The van der Waals surface area contributed by atoms with Crippen molar-refractivity contribution in [3.63, 3.8) is 0 Å². The number of rotatable bonds is 2. The molecule has 1 rings (SSSR count). The van der Waals surface area contributed by atoms with Gasteiger partial charge in [0.2, 0.25) is 0 Å². The summed E-state index contributed by atoms with van der Waals surface area (Å²) in [5.41, 5.74) is 1.36. The molecule has 0 saturated carbocycles. The maximum Gasteiger partial charge on any atom is 0.109 e. The zero-order valence-corrected chi connectivity index (χ0v) is 6.07. The summed E-state index contributed by atoms with van der Waals surface area (Å²) in [5.74, 6) is 0. The van der Waals surface area contributed by atoms with Crippen LogP contribution >= 0.6 is 0 Å². The molecule has 0 aliphatic carbocycles. The summed E-state index contributed by atoms with van der Waals surface area (Å²) in [4.78, 5) is 0. The molecule has 0 heterocycles. The normalized spacial score (nSPS) is 11.1. The first-order chi connectivity index (χ1) is 5.38. The predicted octanol–water partition coefficient (Wildman–Crippen LogP) is 2.05. The Hall–Kier alpha value is -1.57. The van der Waals surface area contributed by atoms with Gasteiger partial charge in [-0.1, -0.05) is 42.1 Å². The lowest BCUT2D eigenvalue weighted by Gasteiger charge is -1.95. The van der Waals surface area contributed by atoms with Gasteiger partial charge in [0, 0.05) is 5.56 Å². The molecule has 0 amide bonds. The van der Waals surface area contributed by atoms with Crippen LogP contribution in [0, 0.1) is 0 Å². The summed E-state index contributed by atoms with van der Waals surface area (Å²) in [6.45, 7) is 3.52. The van der Waals surface area contributed by atoms with E-state index < -0.39 is 0 Å². The van der Waals surface area contributed by atoms with Crippen molar-refractivity contribution in [1.82, 2.24) is 0 Å². The molecule has 56 valence electrons. The average molecular weight is 147 g/mol. The van der Waals surface area contributed by atoms with Gasteiger partial charge in [0.1, 0.15) is 5.71 Å². The van der Waals surface area contributed by atoms with E-state index in [0.29, 0.717) is 5.71 Å². The molecular weight excluding hydrogens is 138 g/mol. The molecule has 11 heavy (non-hydrogen) atoms. The van der Waals surface area contributed by atoms with Gasteiger partial charge < -0.3 is 5.21 Å². The van der Waals surface area contributed by atoms with E-state index in [0.717, 1.165) is 5.56 Å². The molecule has 0 atom stereocenters. The molecule has 0 aliphatic heterocycles. The van der Waals surface area contributed by atoms with Crippen LogP contribution in [0.1, 0.15) is 5.56 Å². The van der Waals surface area contributed by atoms with E-state index in [2.05, 4.69) is 11.7 Å². The number of allylic oxidation sites excluding steroid dienone is 1. The minimum absolute atomic E-state index is 0.491. The van der Waals surface area contributed by atoms with Crippen LogP contribution in [0.2, 0.25) is 0 Å². The molecule has 0 aromatic heterocycles. The number of benzene rings is 1. The lowest BCUT2D eigenvalue weighted by molar-refractivity contribution is 0.320. The Labute approximate surface area is 65.5 Å². The highest BCUT2D eigenvalue weighted by atomic mass is 16.4. The molecule has 2 nitrogen and oxygen atoms in total. The second-order valence-electron chi connectivity index (χ2n) is 2.06. The molecular formula is C9H9NO. The summed E-state index contributed by atoms with van der Waals surface area (Å²) in [6.07, 6.45) is 1.51. The van der Waals surface area contributed by atoms with Crippen LogP contribution in [0.25, 0.3) is 0 Å². The molecule has 0 radical (unpaired) electrons. The van der Waals surface area contributed by atoms with Gasteiger partial charge in [-0.25, -0.2) is 0 Å². The van der Waals surface area contributed by atoms with Crippen molar-refractivity contribution in [2.75, 3.05) is 0 Å². The van der Waals surface area contributed by atoms with Crippen molar-refractivity contribution in [3.8, 4) is 0 Å². The molecule has 0 saturated heterocycles. The SMILES string of the molecule is C=CC(=NO)c1ccccc1. The summed E-state index contributed by atoms with van der Waals surface area (Å²) >= 11 is 0.